The van der Waals surface area contributed by atoms with E-state index < -0.39 is 5.41 Å². The fourth-order valence-electron chi connectivity index (χ4n) is 11.5. The van der Waals surface area contributed by atoms with E-state index in [2.05, 4.69) is 221 Å². The van der Waals surface area contributed by atoms with Gasteiger partial charge in [0.15, 0.2) is 0 Å². The number of nitrogens with zero attached hydrogens (tertiary/aromatic N) is 2. The first-order valence-electron chi connectivity index (χ1n) is 21.1. The van der Waals surface area contributed by atoms with Crippen LogP contribution in [0.2, 0.25) is 0 Å². The van der Waals surface area contributed by atoms with Crippen molar-refractivity contribution in [2.45, 2.75) is 57.8 Å². The predicted molar refractivity (Wildman–Crippen MR) is 246 cm³/mol. The average Bonchev–Trinajstić information content (AvgIpc) is 3.70. The van der Waals surface area contributed by atoms with Gasteiger partial charge >= 0.3 is 0 Å². The summed E-state index contributed by atoms with van der Waals surface area (Å²) < 4.78 is 0. The number of hydrogen-bond acceptors (Lipinski definition) is 2. The molecule has 8 aromatic rings. The minimum atomic E-state index is -0.526. The van der Waals surface area contributed by atoms with Gasteiger partial charge in [0.25, 0.3) is 0 Å². The lowest BCUT2D eigenvalue weighted by Crippen LogP contribution is -2.32. The van der Waals surface area contributed by atoms with Gasteiger partial charge < -0.3 is 9.80 Å². The summed E-state index contributed by atoms with van der Waals surface area (Å²) in [5, 5.41) is 0. The topological polar surface area (TPSA) is 6.48 Å². The zero-order valence-corrected chi connectivity index (χ0v) is 34.6. The van der Waals surface area contributed by atoms with Crippen molar-refractivity contribution in [2.24, 2.45) is 0 Å². The first-order valence-corrected chi connectivity index (χ1v) is 21.1. The Morgan fingerprint density at radius 3 is 1.10 bits per heavy atom. The molecule has 12 rings (SSSR count). The van der Waals surface area contributed by atoms with Crippen molar-refractivity contribution in [1.82, 2.24) is 0 Å². The quantitative estimate of drug-likeness (QED) is 0.173. The fourth-order valence-corrected chi connectivity index (χ4v) is 11.5. The van der Waals surface area contributed by atoms with Crippen LogP contribution in [0.1, 0.15) is 83.3 Å². The Morgan fingerprint density at radius 1 is 0.305 bits per heavy atom. The number of aryl methyl sites for hydroxylation is 2. The summed E-state index contributed by atoms with van der Waals surface area (Å²) in [6.45, 7) is 14.2. The highest BCUT2D eigenvalue weighted by Gasteiger charge is 2.54. The molecule has 0 fully saturated rings. The molecule has 0 bridgehead atoms. The Balaban J connectivity index is 1.24. The van der Waals surface area contributed by atoms with E-state index in [4.69, 9.17) is 0 Å². The molecule has 59 heavy (non-hydrogen) atoms. The highest BCUT2D eigenvalue weighted by molar-refractivity contribution is 6.00. The highest BCUT2D eigenvalue weighted by atomic mass is 15.2. The van der Waals surface area contributed by atoms with Crippen molar-refractivity contribution in [2.75, 3.05) is 9.80 Å². The normalized spacial score (nSPS) is 16.3. The average molecular weight is 759 g/mol. The molecule has 0 unspecified atom stereocenters. The maximum absolute atomic E-state index is 2.60. The van der Waals surface area contributed by atoms with Crippen LogP contribution in [0.4, 0.5) is 34.1 Å². The molecule has 0 amide bonds. The number of rotatable bonds is 2. The lowest BCUT2D eigenvalue weighted by molar-refractivity contribution is 0.630. The Bertz CT molecular complexity index is 2870. The van der Waals surface area contributed by atoms with Crippen molar-refractivity contribution in [3.05, 3.63) is 225 Å². The van der Waals surface area contributed by atoms with Gasteiger partial charge in [-0.15, -0.1) is 0 Å². The number of fused-ring (bicyclic) bond motifs is 14. The summed E-state index contributed by atoms with van der Waals surface area (Å²) in [6, 6.07) is 64.8. The molecule has 0 radical (unpaired) electrons. The number of para-hydroxylation sites is 2. The van der Waals surface area contributed by atoms with Crippen LogP contribution in [0.15, 0.2) is 170 Å². The van der Waals surface area contributed by atoms with Crippen LogP contribution in [0.5, 0.6) is 0 Å². The SMILES string of the molecule is Cc1ccc2c(c1)C(C)(C)c1cc3c(cc1N2c1ccccc1)C1(c2ccccc2-c2ccccc21)c1cc2c(cc1-3)C(C)(C)c1cc(C)ccc1N2c1ccccc1. The molecule has 0 aromatic heterocycles. The first kappa shape index (κ1) is 34.4. The van der Waals surface area contributed by atoms with Crippen LogP contribution in [0.3, 0.4) is 0 Å². The largest absolute Gasteiger partial charge is 0.310 e. The molecule has 0 atom stereocenters. The molecular formula is C57H46N2. The lowest BCUT2D eigenvalue weighted by atomic mass is 9.67. The number of benzene rings is 8. The summed E-state index contributed by atoms with van der Waals surface area (Å²) in [4.78, 5) is 5.06. The van der Waals surface area contributed by atoms with Crippen molar-refractivity contribution >= 4 is 34.1 Å². The number of hydrogen-bond donors (Lipinski definition) is 0. The van der Waals surface area contributed by atoms with E-state index >= 15 is 0 Å². The molecule has 2 aliphatic heterocycles. The Hall–Kier alpha value is -6.64. The monoisotopic (exact) mass is 758 g/mol. The Labute approximate surface area is 348 Å². The molecule has 284 valence electrons. The molecule has 2 nitrogen and oxygen atoms in total. The van der Waals surface area contributed by atoms with E-state index in [1.54, 1.807) is 0 Å². The lowest BCUT2D eigenvalue weighted by Gasteiger charge is -2.43. The van der Waals surface area contributed by atoms with Gasteiger partial charge in [-0.25, -0.2) is 0 Å². The van der Waals surface area contributed by atoms with Crippen molar-refractivity contribution < 1.29 is 0 Å². The second-order valence-corrected chi connectivity index (χ2v) is 18.3. The summed E-state index contributed by atoms with van der Waals surface area (Å²) in [7, 11) is 0. The van der Waals surface area contributed by atoms with Crippen LogP contribution in [0, 0.1) is 13.8 Å². The molecule has 0 N–H and O–H groups in total. The minimum Gasteiger partial charge on any atom is -0.310 e. The Morgan fingerprint density at radius 2 is 0.678 bits per heavy atom. The highest BCUT2D eigenvalue weighted by Crippen LogP contribution is 2.67. The molecule has 2 heteroatoms. The van der Waals surface area contributed by atoms with E-state index in [9.17, 15) is 0 Å². The van der Waals surface area contributed by atoms with Gasteiger partial charge in [-0.05, 0) is 141 Å². The second-order valence-electron chi connectivity index (χ2n) is 18.3. The van der Waals surface area contributed by atoms with Gasteiger partial charge in [0.1, 0.15) is 0 Å². The van der Waals surface area contributed by atoms with E-state index in [-0.39, 0.29) is 10.8 Å². The molecule has 1 spiro atoms. The number of anilines is 6. The smallest absolute Gasteiger partial charge is 0.0727 e. The van der Waals surface area contributed by atoms with Gasteiger partial charge in [0, 0.05) is 22.2 Å². The maximum Gasteiger partial charge on any atom is 0.0727 e. The van der Waals surface area contributed by atoms with Crippen LogP contribution in [-0.4, -0.2) is 0 Å². The zero-order chi connectivity index (χ0) is 40.0. The van der Waals surface area contributed by atoms with E-state index in [1.165, 1.54) is 112 Å². The standard InChI is InChI=1S/C57H46N2/c1-35-25-27-51-47(29-35)55(3,4)49-31-41-42-32-50-54(59(38-19-11-8-12-20-38)52-28-26-36(2)30-48(52)56(50,5)6)34-46(42)57(45(41)33-53(49)58(51)37-17-9-7-10-18-37)43-23-15-13-21-39(43)40-22-14-16-24-44(40)57/h7-34H,1-6H3. The summed E-state index contributed by atoms with van der Waals surface area (Å²) in [5.41, 5.74) is 25.1. The summed E-state index contributed by atoms with van der Waals surface area (Å²) >= 11 is 0. The van der Waals surface area contributed by atoms with Crippen molar-refractivity contribution in [3.8, 4) is 22.3 Å². The molecule has 8 aromatic carbocycles. The molecule has 0 saturated heterocycles. The van der Waals surface area contributed by atoms with Gasteiger partial charge in [-0.2, -0.15) is 0 Å². The van der Waals surface area contributed by atoms with Gasteiger partial charge in [0.05, 0.1) is 28.2 Å². The summed E-state index contributed by atoms with van der Waals surface area (Å²) in [5.74, 6) is 0. The van der Waals surface area contributed by atoms with E-state index in [0.29, 0.717) is 0 Å². The first-order chi connectivity index (χ1) is 28.6. The molecule has 2 heterocycles. The predicted octanol–water partition coefficient (Wildman–Crippen LogP) is 14.9. The van der Waals surface area contributed by atoms with Crippen LogP contribution >= 0.6 is 0 Å². The molecular weight excluding hydrogens is 713 g/mol. The minimum absolute atomic E-state index is 0.244. The van der Waals surface area contributed by atoms with Crippen LogP contribution in [-0.2, 0) is 16.2 Å². The molecule has 4 aliphatic rings. The van der Waals surface area contributed by atoms with Gasteiger partial charge in [-0.3, -0.25) is 0 Å². The zero-order valence-electron chi connectivity index (χ0n) is 34.6. The second kappa shape index (κ2) is 11.7. The summed E-state index contributed by atoms with van der Waals surface area (Å²) in [6.07, 6.45) is 0. The maximum atomic E-state index is 2.60. The van der Waals surface area contributed by atoms with Gasteiger partial charge in [0.2, 0.25) is 0 Å². The van der Waals surface area contributed by atoms with E-state index in [0.717, 1.165) is 0 Å². The van der Waals surface area contributed by atoms with Crippen LogP contribution < -0.4 is 9.80 Å². The third-order valence-electron chi connectivity index (χ3n) is 14.3. The molecule has 0 saturated carbocycles. The Kier molecular flexibility index (Phi) is 6.84. The molecule has 2 aliphatic carbocycles. The van der Waals surface area contributed by atoms with Crippen molar-refractivity contribution in [3.63, 3.8) is 0 Å². The fraction of sp³-hybridized carbons (Fsp3) is 0.158. The third-order valence-corrected chi connectivity index (χ3v) is 14.3. The van der Waals surface area contributed by atoms with E-state index in [1.807, 2.05) is 0 Å². The van der Waals surface area contributed by atoms with Gasteiger partial charge in [-0.1, -0.05) is 148 Å². The third kappa shape index (κ3) is 4.36. The van der Waals surface area contributed by atoms with Crippen LogP contribution in [0.25, 0.3) is 22.3 Å². The van der Waals surface area contributed by atoms with Crippen molar-refractivity contribution in [1.29, 1.82) is 0 Å².